The molecule has 2 aromatic rings. The lowest BCUT2D eigenvalue weighted by Gasteiger charge is -2.06. The number of phenolic OH excluding ortho intramolecular Hbond substituents is 2. The summed E-state index contributed by atoms with van der Waals surface area (Å²) in [7, 11) is 0. The summed E-state index contributed by atoms with van der Waals surface area (Å²) >= 11 is 6.40. The first-order chi connectivity index (χ1) is 8.49. The van der Waals surface area contributed by atoms with E-state index in [1.165, 1.54) is 24.3 Å². The van der Waals surface area contributed by atoms with Gasteiger partial charge in [-0.2, -0.15) is 0 Å². The highest BCUT2D eigenvalue weighted by molar-refractivity contribution is 9.10. The molecule has 0 spiro atoms. The highest BCUT2D eigenvalue weighted by atomic mass is 79.9. The molecule has 0 amide bonds. The largest absolute Gasteiger partial charge is 0.507 e. The molecule has 2 N–H and O–H groups in total. The number of ketones is 1. The molecule has 0 heterocycles. The zero-order valence-electron chi connectivity index (χ0n) is 9.02. The highest BCUT2D eigenvalue weighted by Gasteiger charge is 2.15. The first-order valence-electron chi connectivity index (χ1n) is 5.01. The van der Waals surface area contributed by atoms with Crippen molar-refractivity contribution in [1.82, 2.24) is 0 Å². The Morgan fingerprint density at radius 1 is 0.944 bits per heavy atom. The number of benzene rings is 2. The third-order valence-corrected chi connectivity index (χ3v) is 3.54. The van der Waals surface area contributed by atoms with E-state index in [4.69, 9.17) is 0 Å². The Kier molecular flexibility index (Phi) is 3.73. The molecule has 0 fully saturated rings. The minimum atomic E-state index is -0.311. The summed E-state index contributed by atoms with van der Waals surface area (Å²) in [6, 6.07) is 9.09. The predicted molar refractivity (Wildman–Crippen MR) is 75.0 cm³/mol. The molecule has 3 nitrogen and oxygen atoms in total. The van der Waals surface area contributed by atoms with Gasteiger partial charge in [-0.3, -0.25) is 4.79 Å². The van der Waals surface area contributed by atoms with E-state index < -0.39 is 0 Å². The number of phenols is 2. The standard InChI is InChI=1S/C13H8Br2O3/c14-8-2-4-11(16)9(6-8)13(18)7-1-3-12(17)10(15)5-7/h1-6,16-17H. The molecule has 92 valence electrons. The molecule has 2 rings (SSSR count). The molecule has 2 aromatic carbocycles. The summed E-state index contributed by atoms with van der Waals surface area (Å²) in [6.45, 7) is 0. The third-order valence-electron chi connectivity index (χ3n) is 2.41. The van der Waals surface area contributed by atoms with Crippen LogP contribution in [0.4, 0.5) is 0 Å². The smallest absolute Gasteiger partial charge is 0.196 e. The molecule has 0 bridgehead atoms. The first kappa shape index (κ1) is 13.1. The van der Waals surface area contributed by atoms with Crippen LogP contribution < -0.4 is 0 Å². The molecule has 0 aliphatic rings. The second-order valence-corrected chi connectivity index (χ2v) is 5.43. The maximum Gasteiger partial charge on any atom is 0.196 e. The van der Waals surface area contributed by atoms with Crippen LogP contribution in [0.25, 0.3) is 0 Å². The van der Waals surface area contributed by atoms with Gasteiger partial charge in [0.05, 0.1) is 10.0 Å². The van der Waals surface area contributed by atoms with Gasteiger partial charge in [0.1, 0.15) is 11.5 Å². The van der Waals surface area contributed by atoms with Crippen molar-refractivity contribution >= 4 is 37.6 Å². The average molecular weight is 372 g/mol. The quantitative estimate of drug-likeness (QED) is 0.788. The molecule has 18 heavy (non-hydrogen) atoms. The second kappa shape index (κ2) is 5.12. The van der Waals surface area contributed by atoms with E-state index in [2.05, 4.69) is 31.9 Å². The zero-order valence-corrected chi connectivity index (χ0v) is 12.2. The Labute approximate surface area is 120 Å². The first-order valence-corrected chi connectivity index (χ1v) is 6.59. The Hall–Kier alpha value is -1.33. The van der Waals surface area contributed by atoms with Crippen molar-refractivity contribution in [1.29, 1.82) is 0 Å². The summed E-state index contributed by atoms with van der Waals surface area (Å²) in [5, 5.41) is 19.1. The number of carbonyl (C=O) groups excluding carboxylic acids is 1. The molecule has 0 aliphatic heterocycles. The number of carbonyl (C=O) groups is 1. The zero-order chi connectivity index (χ0) is 13.3. The highest BCUT2D eigenvalue weighted by Crippen LogP contribution is 2.28. The van der Waals surface area contributed by atoms with E-state index in [0.29, 0.717) is 14.5 Å². The van der Waals surface area contributed by atoms with Crippen LogP contribution in [0.1, 0.15) is 15.9 Å². The number of hydrogen-bond donors (Lipinski definition) is 2. The van der Waals surface area contributed by atoms with Crippen molar-refractivity contribution in [3.63, 3.8) is 0 Å². The Balaban J connectivity index is 2.47. The third kappa shape index (κ3) is 2.57. The molecule has 0 aromatic heterocycles. The molecule has 0 saturated heterocycles. The van der Waals surface area contributed by atoms with Gasteiger partial charge in [0.15, 0.2) is 5.78 Å². The minimum Gasteiger partial charge on any atom is -0.507 e. The minimum absolute atomic E-state index is 0.0602. The monoisotopic (exact) mass is 370 g/mol. The van der Waals surface area contributed by atoms with Crippen LogP contribution in [-0.2, 0) is 0 Å². The van der Waals surface area contributed by atoms with Crippen LogP contribution in [0.2, 0.25) is 0 Å². The van der Waals surface area contributed by atoms with Gasteiger partial charge >= 0.3 is 0 Å². The Bertz CT molecular complexity index is 624. The number of aromatic hydroxyl groups is 2. The average Bonchev–Trinajstić information content (AvgIpc) is 2.35. The Morgan fingerprint density at radius 3 is 2.28 bits per heavy atom. The fraction of sp³-hybridized carbons (Fsp3) is 0. The van der Waals surface area contributed by atoms with Gasteiger partial charge in [-0.05, 0) is 52.3 Å². The molecule has 0 saturated carbocycles. The summed E-state index contributed by atoms with van der Waals surface area (Å²) < 4.78 is 1.14. The van der Waals surface area contributed by atoms with Gasteiger partial charge in [-0.25, -0.2) is 0 Å². The van der Waals surface area contributed by atoms with Crippen LogP contribution in [0.15, 0.2) is 45.3 Å². The van der Waals surface area contributed by atoms with Crippen LogP contribution in [0.5, 0.6) is 11.5 Å². The van der Waals surface area contributed by atoms with E-state index in [1.807, 2.05) is 0 Å². The fourth-order valence-electron chi connectivity index (χ4n) is 1.49. The fourth-order valence-corrected chi connectivity index (χ4v) is 2.23. The van der Waals surface area contributed by atoms with Crippen molar-refractivity contribution in [2.45, 2.75) is 0 Å². The van der Waals surface area contributed by atoms with Crippen LogP contribution >= 0.6 is 31.9 Å². The number of hydrogen-bond acceptors (Lipinski definition) is 3. The molecule has 5 heteroatoms. The van der Waals surface area contributed by atoms with Crippen LogP contribution in [0, 0.1) is 0 Å². The SMILES string of the molecule is O=C(c1ccc(O)c(Br)c1)c1cc(Br)ccc1O. The summed E-state index contributed by atoms with van der Waals surface area (Å²) in [5.41, 5.74) is 0.593. The number of halogens is 2. The maximum absolute atomic E-state index is 12.2. The van der Waals surface area contributed by atoms with Gasteiger partial charge in [0.2, 0.25) is 0 Å². The van der Waals surface area contributed by atoms with Crippen molar-refractivity contribution in [3.8, 4) is 11.5 Å². The van der Waals surface area contributed by atoms with Crippen LogP contribution in [-0.4, -0.2) is 16.0 Å². The number of rotatable bonds is 2. The lowest BCUT2D eigenvalue weighted by atomic mass is 10.0. The van der Waals surface area contributed by atoms with Crippen molar-refractivity contribution in [2.24, 2.45) is 0 Å². The topological polar surface area (TPSA) is 57.5 Å². The molecule has 0 unspecified atom stereocenters. The molecule has 0 atom stereocenters. The molecular formula is C13H8Br2O3. The van der Waals surface area contributed by atoms with Crippen LogP contribution in [0.3, 0.4) is 0 Å². The summed E-state index contributed by atoms with van der Waals surface area (Å²) in [4.78, 5) is 12.2. The lowest BCUT2D eigenvalue weighted by Crippen LogP contribution is -2.01. The van der Waals surface area contributed by atoms with E-state index in [9.17, 15) is 15.0 Å². The second-order valence-electron chi connectivity index (χ2n) is 3.66. The summed E-state index contributed by atoms with van der Waals surface area (Å²) in [6.07, 6.45) is 0. The van der Waals surface area contributed by atoms with Gasteiger partial charge in [-0.15, -0.1) is 0 Å². The van der Waals surface area contributed by atoms with Gasteiger partial charge in [0.25, 0.3) is 0 Å². The molecule has 0 aliphatic carbocycles. The molecule has 0 radical (unpaired) electrons. The molecular weight excluding hydrogens is 364 g/mol. The normalized spacial score (nSPS) is 10.3. The van der Waals surface area contributed by atoms with E-state index in [1.54, 1.807) is 12.1 Å². The van der Waals surface area contributed by atoms with Crippen molar-refractivity contribution in [3.05, 3.63) is 56.5 Å². The summed E-state index contributed by atoms with van der Waals surface area (Å²) in [5.74, 6) is -0.327. The van der Waals surface area contributed by atoms with E-state index in [-0.39, 0.29) is 22.8 Å². The van der Waals surface area contributed by atoms with Crippen molar-refractivity contribution in [2.75, 3.05) is 0 Å². The van der Waals surface area contributed by atoms with Gasteiger partial charge < -0.3 is 10.2 Å². The van der Waals surface area contributed by atoms with Crippen molar-refractivity contribution < 1.29 is 15.0 Å². The Morgan fingerprint density at radius 2 is 1.61 bits per heavy atom. The van der Waals surface area contributed by atoms with Gasteiger partial charge in [-0.1, -0.05) is 15.9 Å². The van der Waals surface area contributed by atoms with Gasteiger partial charge in [0, 0.05) is 10.0 Å². The van der Waals surface area contributed by atoms with E-state index in [0.717, 1.165) is 0 Å². The lowest BCUT2D eigenvalue weighted by molar-refractivity contribution is 0.103. The maximum atomic E-state index is 12.2. The van der Waals surface area contributed by atoms with E-state index >= 15 is 0 Å². The predicted octanol–water partition coefficient (Wildman–Crippen LogP) is 3.85.